The maximum absolute atomic E-state index is 6.07. The fourth-order valence-electron chi connectivity index (χ4n) is 2.36. The molecular weight excluding hydrogens is 292 g/mol. The van der Waals surface area contributed by atoms with Crippen LogP contribution in [-0.4, -0.2) is 35.2 Å². The van der Waals surface area contributed by atoms with Gasteiger partial charge in [-0.25, -0.2) is 4.98 Å². The molecule has 0 aromatic carbocycles. The first kappa shape index (κ1) is 13.8. The van der Waals surface area contributed by atoms with Crippen molar-refractivity contribution in [2.45, 2.75) is 26.4 Å². The van der Waals surface area contributed by atoms with E-state index >= 15 is 0 Å². The van der Waals surface area contributed by atoms with E-state index in [2.05, 4.69) is 21.2 Å². The lowest BCUT2D eigenvalue weighted by Crippen LogP contribution is -2.29. The SMILES string of the molecule is Cc1csc(-c2c(N)nsc2N2CCCOC(C)C2)n1. The molecule has 1 fully saturated rings. The van der Waals surface area contributed by atoms with E-state index in [4.69, 9.17) is 10.5 Å². The molecule has 0 aliphatic carbocycles. The molecule has 0 spiro atoms. The summed E-state index contributed by atoms with van der Waals surface area (Å²) < 4.78 is 10.0. The number of nitrogens with zero attached hydrogens (tertiary/aromatic N) is 3. The lowest BCUT2D eigenvalue weighted by atomic mass is 10.2. The van der Waals surface area contributed by atoms with Gasteiger partial charge in [-0.3, -0.25) is 0 Å². The van der Waals surface area contributed by atoms with E-state index in [1.54, 1.807) is 11.3 Å². The van der Waals surface area contributed by atoms with Crippen LogP contribution in [0.1, 0.15) is 19.0 Å². The number of hydrogen-bond donors (Lipinski definition) is 1. The molecular formula is C13H18N4OS2. The second kappa shape index (κ2) is 5.67. The first-order valence-corrected chi connectivity index (χ1v) is 8.34. The summed E-state index contributed by atoms with van der Waals surface area (Å²) in [6.07, 6.45) is 1.25. The van der Waals surface area contributed by atoms with E-state index in [0.29, 0.717) is 5.82 Å². The smallest absolute Gasteiger partial charge is 0.149 e. The summed E-state index contributed by atoms with van der Waals surface area (Å²) in [6.45, 7) is 6.77. The van der Waals surface area contributed by atoms with Crippen LogP contribution in [0.25, 0.3) is 10.6 Å². The molecule has 5 nitrogen and oxygen atoms in total. The molecule has 7 heteroatoms. The van der Waals surface area contributed by atoms with Gasteiger partial charge in [-0.2, -0.15) is 4.37 Å². The monoisotopic (exact) mass is 310 g/mol. The number of aromatic nitrogens is 2. The number of rotatable bonds is 2. The number of aryl methyl sites for hydroxylation is 1. The van der Waals surface area contributed by atoms with Crippen LogP contribution in [0.4, 0.5) is 10.8 Å². The normalized spacial score (nSPS) is 20.1. The fourth-order valence-corrected chi connectivity index (χ4v) is 4.12. The number of hydrogen-bond acceptors (Lipinski definition) is 7. The molecule has 0 bridgehead atoms. The molecule has 0 amide bonds. The molecule has 3 rings (SSSR count). The van der Waals surface area contributed by atoms with Crippen molar-refractivity contribution in [1.82, 2.24) is 9.36 Å². The highest BCUT2D eigenvalue weighted by Crippen LogP contribution is 2.41. The molecule has 1 saturated heterocycles. The third-order valence-electron chi connectivity index (χ3n) is 3.27. The Morgan fingerprint density at radius 1 is 1.50 bits per heavy atom. The lowest BCUT2D eigenvalue weighted by Gasteiger charge is -2.23. The first-order chi connectivity index (χ1) is 9.65. The van der Waals surface area contributed by atoms with Crippen LogP contribution in [0.5, 0.6) is 0 Å². The van der Waals surface area contributed by atoms with Crippen LogP contribution < -0.4 is 10.6 Å². The zero-order valence-corrected chi connectivity index (χ0v) is 13.3. The zero-order chi connectivity index (χ0) is 14.1. The van der Waals surface area contributed by atoms with Gasteiger partial charge in [0.05, 0.1) is 11.7 Å². The van der Waals surface area contributed by atoms with Crippen molar-refractivity contribution >= 4 is 33.7 Å². The van der Waals surface area contributed by atoms with E-state index in [1.165, 1.54) is 11.5 Å². The summed E-state index contributed by atoms with van der Waals surface area (Å²) in [7, 11) is 0. The topological polar surface area (TPSA) is 64.3 Å². The van der Waals surface area contributed by atoms with E-state index < -0.39 is 0 Å². The Labute approximate surface area is 126 Å². The number of nitrogen functional groups attached to an aromatic ring is 1. The Morgan fingerprint density at radius 2 is 2.35 bits per heavy atom. The minimum Gasteiger partial charge on any atom is -0.382 e. The average Bonchev–Trinajstić information content (AvgIpc) is 2.92. The van der Waals surface area contributed by atoms with Gasteiger partial charge in [-0.1, -0.05) is 0 Å². The molecule has 108 valence electrons. The van der Waals surface area contributed by atoms with Crippen molar-refractivity contribution in [2.24, 2.45) is 0 Å². The minimum absolute atomic E-state index is 0.228. The summed E-state index contributed by atoms with van der Waals surface area (Å²) in [5, 5.41) is 4.13. The summed E-state index contributed by atoms with van der Waals surface area (Å²) in [5.74, 6) is 0.581. The number of thiazole rings is 1. The van der Waals surface area contributed by atoms with Crippen LogP contribution in [0, 0.1) is 6.92 Å². The Balaban J connectivity index is 1.97. The van der Waals surface area contributed by atoms with Gasteiger partial charge in [0.1, 0.15) is 15.8 Å². The maximum atomic E-state index is 6.07. The third-order valence-corrected chi connectivity index (χ3v) is 5.17. The van der Waals surface area contributed by atoms with Crippen molar-refractivity contribution < 1.29 is 4.74 Å². The van der Waals surface area contributed by atoms with E-state index in [0.717, 1.165) is 47.4 Å². The first-order valence-electron chi connectivity index (χ1n) is 6.69. The van der Waals surface area contributed by atoms with Gasteiger partial charge in [0, 0.05) is 30.8 Å². The predicted octanol–water partition coefficient (Wildman–Crippen LogP) is 2.77. The predicted molar refractivity (Wildman–Crippen MR) is 84.6 cm³/mol. The minimum atomic E-state index is 0.228. The van der Waals surface area contributed by atoms with E-state index in [-0.39, 0.29) is 6.10 Å². The molecule has 2 aromatic heterocycles. The van der Waals surface area contributed by atoms with E-state index in [9.17, 15) is 0 Å². The molecule has 1 unspecified atom stereocenters. The molecule has 2 aromatic rings. The van der Waals surface area contributed by atoms with Crippen LogP contribution in [0.15, 0.2) is 5.38 Å². The molecule has 1 atom stereocenters. The Bertz CT molecular complexity index is 595. The van der Waals surface area contributed by atoms with Gasteiger partial charge in [-0.05, 0) is 31.8 Å². The molecule has 2 N–H and O–H groups in total. The van der Waals surface area contributed by atoms with Crippen molar-refractivity contribution in [3.8, 4) is 10.6 Å². The zero-order valence-electron chi connectivity index (χ0n) is 11.6. The highest BCUT2D eigenvalue weighted by molar-refractivity contribution is 7.15. The maximum Gasteiger partial charge on any atom is 0.149 e. The molecule has 0 radical (unpaired) electrons. The largest absolute Gasteiger partial charge is 0.382 e. The van der Waals surface area contributed by atoms with Gasteiger partial charge >= 0.3 is 0 Å². The van der Waals surface area contributed by atoms with Crippen LogP contribution in [0.3, 0.4) is 0 Å². The van der Waals surface area contributed by atoms with Gasteiger partial charge in [-0.15, -0.1) is 11.3 Å². The van der Waals surface area contributed by atoms with Crippen LogP contribution in [0.2, 0.25) is 0 Å². The Hall–Kier alpha value is -1.18. The number of ether oxygens (including phenoxy) is 1. The van der Waals surface area contributed by atoms with Gasteiger partial charge < -0.3 is 15.4 Å². The second-order valence-electron chi connectivity index (χ2n) is 5.02. The van der Waals surface area contributed by atoms with E-state index in [1.807, 2.05) is 12.3 Å². The molecule has 20 heavy (non-hydrogen) atoms. The molecule has 1 aliphatic heterocycles. The average molecular weight is 310 g/mol. The molecule has 1 aliphatic rings. The van der Waals surface area contributed by atoms with Crippen molar-refractivity contribution in [2.75, 3.05) is 30.3 Å². The quantitative estimate of drug-likeness (QED) is 0.924. The molecule has 3 heterocycles. The third kappa shape index (κ3) is 2.65. The van der Waals surface area contributed by atoms with Gasteiger partial charge in [0.2, 0.25) is 0 Å². The Morgan fingerprint density at radius 3 is 3.10 bits per heavy atom. The highest BCUT2D eigenvalue weighted by Gasteiger charge is 2.24. The summed E-state index contributed by atoms with van der Waals surface area (Å²) >= 11 is 3.08. The molecule has 0 saturated carbocycles. The highest BCUT2D eigenvalue weighted by atomic mass is 32.1. The van der Waals surface area contributed by atoms with Crippen LogP contribution >= 0.6 is 22.9 Å². The summed E-state index contributed by atoms with van der Waals surface area (Å²) in [4.78, 5) is 6.89. The number of nitrogens with two attached hydrogens (primary N) is 1. The standard InChI is InChI=1S/C13H18N4OS2/c1-8-7-19-12(15-8)10-11(14)16-20-13(10)17-4-3-5-18-9(2)6-17/h7,9H,3-6H2,1-2H3,(H2,14,16). The lowest BCUT2D eigenvalue weighted by molar-refractivity contribution is 0.0821. The van der Waals surface area contributed by atoms with Crippen molar-refractivity contribution in [1.29, 1.82) is 0 Å². The van der Waals surface area contributed by atoms with Crippen LogP contribution in [-0.2, 0) is 4.74 Å². The van der Waals surface area contributed by atoms with Gasteiger partial charge in [0.25, 0.3) is 0 Å². The van der Waals surface area contributed by atoms with Gasteiger partial charge in [0.15, 0.2) is 0 Å². The van der Waals surface area contributed by atoms with Crippen molar-refractivity contribution in [3.63, 3.8) is 0 Å². The van der Waals surface area contributed by atoms with Crippen molar-refractivity contribution in [3.05, 3.63) is 11.1 Å². The Kier molecular flexibility index (Phi) is 3.91. The summed E-state index contributed by atoms with van der Waals surface area (Å²) in [6, 6.07) is 0. The number of anilines is 2. The second-order valence-corrected chi connectivity index (χ2v) is 6.63. The fraction of sp³-hybridized carbons (Fsp3) is 0.538. The summed E-state index contributed by atoms with van der Waals surface area (Å²) in [5.41, 5.74) is 8.08.